The number of carbonyl (C=O) groups is 1. The SMILES string of the molecule is O=C(CN1CCN(Cc2ccc3c(c2)OCO3)CC1)Nc1c(Cl)cccc1Cl. The Morgan fingerprint density at radius 3 is 2.39 bits per heavy atom. The van der Waals surface area contributed by atoms with Crippen molar-refractivity contribution in [1.29, 1.82) is 0 Å². The third-order valence-electron chi connectivity index (χ3n) is 4.90. The minimum atomic E-state index is -0.112. The molecule has 2 aliphatic heterocycles. The number of fused-ring (bicyclic) bond motifs is 1. The van der Waals surface area contributed by atoms with Gasteiger partial charge in [-0.15, -0.1) is 0 Å². The first-order valence-electron chi connectivity index (χ1n) is 9.15. The van der Waals surface area contributed by atoms with E-state index < -0.39 is 0 Å². The van der Waals surface area contributed by atoms with Crippen molar-refractivity contribution in [3.63, 3.8) is 0 Å². The molecule has 0 aliphatic carbocycles. The summed E-state index contributed by atoms with van der Waals surface area (Å²) < 4.78 is 10.8. The van der Waals surface area contributed by atoms with Gasteiger partial charge < -0.3 is 14.8 Å². The van der Waals surface area contributed by atoms with Gasteiger partial charge >= 0.3 is 0 Å². The molecule has 1 amide bonds. The fourth-order valence-corrected chi connectivity index (χ4v) is 3.89. The van der Waals surface area contributed by atoms with Crippen LogP contribution in [0.2, 0.25) is 10.0 Å². The van der Waals surface area contributed by atoms with Crippen LogP contribution >= 0.6 is 23.2 Å². The van der Waals surface area contributed by atoms with Crippen LogP contribution < -0.4 is 14.8 Å². The Bertz CT molecular complexity index is 850. The van der Waals surface area contributed by atoms with Gasteiger partial charge in [-0.1, -0.05) is 35.3 Å². The molecule has 2 aromatic carbocycles. The topological polar surface area (TPSA) is 54.0 Å². The summed E-state index contributed by atoms with van der Waals surface area (Å²) in [5.74, 6) is 1.50. The zero-order chi connectivity index (χ0) is 19.5. The Balaban J connectivity index is 1.25. The third kappa shape index (κ3) is 4.52. The van der Waals surface area contributed by atoms with E-state index in [1.54, 1.807) is 18.2 Å². The first kappa shape index (κ1) is 19.3. The standard InChI is InChI=1S/C20H21Cl2N3O3/c21-15-2-1-3-16(22)20(15)23-19(26)12-25-8-6-24(7-9-25)11-14-4-5-17-18(10-14)28-13-27-17/h1-5,10H,6-9,11-13H2,(H,23,26). The van der Waals surface area contributed by atoms with Gasteiger partial charge in [-0.3, -0.25) is 14.6 Å². The van der Waals surface area contributed by atoms with Crippen molar-refractivity contribution in [2.45, 2.75) is 6.54 Å². The summed E-state index contributed by atoms with van der Waals surface area (Å²) in [6, 6.07) is 11.2. The Morgan fingerprint density at radius 1 is 0.964 bits per heavy atom. The van der Waals surface area contributed by atoms with Gasteiger partial charge in [-0.2, -0.15) is 0 Å². The molecule has 2 heterocycles. The lowest BCUT2D eigenvalue weighted by Gasteiger charge is -2.34. The number of para-hydroxylation sites is 1. The molecule has 1 N–H and O–H groups in total. The fourth-order valence-electron chi connectivity index (χ4n) is 3.40. The highest BCUT2D eigenvalue weighted by atomic mass is 35.5. The summed E-state index contributed by atoms with van der Waals surface area (Å²) in [6.07, 6.45) is 0. The number of anilines is 1. The van der Waals surface area contributed by atoms with Crippen molar-refractivity contribution in [3.05, 3.63) is 52.0 Å². The van der Waals surface area contributed by atoms with Crippen molar-refractivity contribution in [1.82, 2.24) is 9.80 Å². The lowest BCUT2D eigenvalue weighted by molar-refractivity contribution is -0.117. The number of carbonyl (C=O) groups excluding carboxylic acids is 1. The summed E-state index contributed by atoms with van der Waals surface area (Å²) in [5, 5.41) is 3.70. The zero-order valence-corrected chi connectivity index (χ0v) is 16.8. The number of nitrogens with zero attached hydrogens (tertiary/aromatic N) is 2. The van der Waals surface area contributed by atoms with E-state index in [1.165, 1.54) is 5.56 Å². The lowest BCUT2D eigenvalue weighted by atomic mass is 10.1. The highest BCUT2D eigenvalue weighted by Gasteiger charge is 2.21. The van der Waals surface area contributed by atoms with Gasteiger partial charge in [0.25, 0.3) is 0 Å². The predicted molar refractivity (Wildman–Crippen MR) is 109 cm³/mol. The van der Waals surface area contributed by atoms with Crippen LogP contribution in [0.15, 0.2) is 36.4 Å². The van der Waals surface area contributed by atoms with Crippen LogP contribution in [-0.4, -0.2) is 55.2 Å². The second-order valence-electron chi connectivity index (χ2n) is 6.88. The van der Waals surface area contributed by atoms with Crippen LogP contribution in [0.4, 0.5) is 5.69 Å². The Kier molecular flexibility index (Phi) is 5.92. The summed E-state index contributed by atoms with van der Waals surface area (Å²) in [7, 11) is 0. The van der Waals surface area contributed by atoms with Crippen LogP contribution in [0, 0.1) is 0 Å². The molecule has 0 bridgehead atoms. The molecule has 2 aromatic rings. The predicted octanol–water partition coefficient (Wildman–Crippen LogP) is 3.48. The Morgan fingerprint density at radius 2 is 1.64 bits per heavy atom. The monoisotopic (exact) mass is 421 g/mol. The number of benzene rings is 2. The van der Waals surface area contributed by atoms with Crippen LogP contribution in [0.3, 0.4) is 0 Å². The molecule has 4 rings (SSSR count). The average Bonchev–Trinajstić information content (AvgIpc) is 3.14. The molecule has 2 aliphatic rings. The van der Waals surface area contributed by atoms with Crippen LogP contribution in [-0.2, 0) is 11.3 Å². The zero-order valence-electron chi connectivity index (χ0n) is 15.3. The second kappa shape index (κ2) is 8.57. The largest absolute Gasteiger partial charge is 0.454 e. The van der Waals surface area contributed by atoms with Gasteiger partial charge in [0.2, 0.25) is 12.7 Å². The van der Waals surface area contributed by atoms with Gasteiger partial charge in [0.05, 0.1) is 22.3 Å². The van der Waals surface area contributed by atoms with Gasteiger partial charge in [0.15, 0.2) is 11.5 Å². The maximum absolute atomic E-state index is 12.4. The average molecular weight is 422 g/mol. The van der Waals surface area contributed by atoms with E-state index in [1.807, 2.05) is 12.1 Å². The summed E-state index contributed by atoms with van der Waals surface area (Å²) in [4.78, 5) is 16.9. The van der Waals surface area contributed by atoms with E-state index in [0.29, 0.717) is 29.1 Å². The van der Waals surface area contributed by atoms with Gasteiger partial charge in [-0.05, 0) is 29.8 Å². The van der Waals surface area contributed by atoms with Crippen molar-refractivity contribution < 1.29 is 14.3 Å². The normalized spacial score (nSPS) is 16.9. The van der Waals surface area contributed by atoms with Gasteiger partial charge in [-0.25, -0.2) is 0 Å². The summed E-state index contributed by atoms with van der Waals surface area (Å²) in [6.45, 7) is 4.91. The molecule has 1 saturated heterocycles. The highest BCUT2D eigenvalue weighted by Crippen LogP contribution is 2.33. The Hall–Kier alpha value is -1.99. The van der Waals surface area contributed by atoms with E-state index in [-0.39, 0.29) is 5.91 Å². The molecule has 6 nitrogen and oxygen atoms in total. The number of piperazine rings is 1. The molecule has 0 saturated carbocycles. The molecule has 0 atom stereocenters. The number of nitrogens with one attached hydrogen (secondary N) is 1. The number of hydrogen-bond donors (Lipinski definition) is 1. The summed E-state index contributed by atoms with van der Waals surface area (Å²) in [5.41, 5.74) is 1.67. The van der Waals surface area contributed by atoms with E-state index in [2.05, 4.69) is 21.2 Å². The van der Waals surface area contributed by atoms with Crippen LogP contribution in [0.1, 0.15) is 5.56 Å². The highest BCUT2D eigenvalue weighted by molar-refractivity contribution is 6.39. The molecular formula is C20H21Cl2N3O3. The maximum atomic E-state index is 12.4. The van der Waals surface area contributed by atoms with Crippen LogP contribution in [0.25, 0.3) is 0 Å². The molecule has 148 valence electrons. The second-order valence-corrected chi connectivity index (χ2v) is 7.70. The van der Waals surface area contributed by atoms with E-state index in [9.17, 15) is 4.79 Å². The maximum Gasteiger partial charge on any atom is 0.238 e. The number of hydrogen-bond acceptors (Lipinski definition) is 5. The number of ether oxygens (including phenoxy) is 2. The molecule has 28 heavy (non-hydrogen) atoms. The molecule has 1 fully saturated rings. The molecular weight excluding hydrogens is 401 g/mol. The molecule has 0 unspecified atom stereocenters. The van der Waals surface area contributed by atoms with E-state index in [0.717, 1.165) is 44.2 Å². The van der Waals surface area contributed by atoms with Crippen molar-refractivity contribution in [2.24, 2.45) is 0 Å². The smallest absolute Gasteiger partial charge is 0.238 e. The first-order valence-corrected chi connectivity index (χ1v) is 9.91. The van der Waals surface area contributed by atoms with E-state index >= 15 is 0 Å². The fraction of sp³-hybridized carbons (Fsp3) is 0.350. The van der Waals surface area contributed by atoms with Crippen LogP contribution in [0.5, 0.6) is 11.5 Å². The van der Waals surface area contributed by atoms with Gasteiger partial charge in [0.1, 0.15) is 0 Å². The number of halogens is 2. The minimum Gasteiger partial charge on any atom is -0.454 e. The Labute approximate surface area is 173 Å². The first-order chi connectivity index (χ1) is 13.6. The number of amides is 1. The summed E-state index contributed by atoms with van der Waals surface area (Å²) >= 11 is 12.2. The molecule has 0 spiro atoms. The quantitative estimate of drug-likeness (QED) is 0.800. The van der Waals surface area contributed by atoms with Crippen molar-refractivity contribution in [2.75, 3.05) is 44.8 Å². The van der Waals surface area contributed by atoms with Crippen molar-refractivity contribution >= 4 is 34.8 Å². The number of rotatable bonds is 5. The third-order valence-corrected chi connectivity index (χ3v) is 5.53. The van der Waals surface area contributed by atoms with Crippen molar-refractivity contribution in [3.8, 4) is 11.5 Å². The lowest BCUT2D eigenvalue weighted by Crippen LogP contribution is -2.48. The molecule has 0 radical (unpaired) electrons. The minimum absolute atomic E-state index is 0.112. The molecule has 8 heteroatoms. The molecule has 0 aromatic heterocycles. The van der Waals surface area contributed by atoms with E-state index in [4.69, 9.17) is 32.7 Å². The van der Waals surface area contributed by atoms with Gasteiger partial charge in [0, 0.05) is 32.7 Å².